The topological polar surface area (TPSA) is 36.4 Å². The summed E-state index contributed by atoms with van der Waals surface area (Å²) in [5.41, 5.74) is 1.65. The van der Waals surface area contributed by atoms with Crippen molar-refractivity contribution in [3.63, 3.8) is 0 Å². The third-order valence-corrected chi connectivity index (χ3v) is 5.83. The molecule has 1 amide bonds. The number of amides is 1. The summed E-state index contributed by atoms with van der Waals surface area (Å²) in [5, 5.41) is 1.03. The molecule has 1 aliphatic carbocycles. The zero-order chi connectivity index (χ0) is 18.1. The molecule has 1 saturated heterocycles. The summed E-state index contributed by atoms with van der Waals surface area (Å²) in [6.07, 6.45) is 5.56. The number of para-hydroxylation sites is 1. The summed E-state index contributed by atoms with van der Waals surface area (Å²) in [5.74, 6) is 1.57. The lowest BCUT2D eigenvalue weighted by molar-refractivity contribution is 0.0704. The molecule has 26 heavy (non-hydrogen) atoms. The number of nitrogens with zero attached hydrogens (tertiary/aromatic N) is 3. The highest BCUT2D eigenvalue weighted by Gasteiger charge is 2.33. The van der Waals surface area contributed by atoms with Crippen LogP contribution >= 0.6 is 0 Å². The van der Waals surface area contributed by atoms with Crippen LogP contribution in [0.2, 0.25) is 0 Å². The summed E-state index contributed by atoms with van der Waals surface area (Å²) < 4.78 is 0. The molecule has 2 aromatic rings. The molecule has 0 spiro atoms. The largest absolute Gasteiger partial charge is 0.337 e. The molecule has 1 aromatic carbocycles. The van der Waals surface area contributed by atoms with Crippen LogP contribution in [0.3, 0.4) is 0 Å². The smallest absolute Gasteiger partial charge is 0.255 e. The lowest BCUT2D eigenvalue weighted by atomic mass is 10.0. The highest BCUT2D eigenvalue weighted by atomic mass is 16.2. The van der Waals surface area contributed by atoms with E-state index in [1.807, 2.05) is 30.3 Å². The van der Waals surface area contributed by atoms with Gasteiger partial charge in [-0.1, -0.05) is 32.0 Å². The molecule has 1 aromatic heterocycles. The highest BCUT2D eigenvalue weighted by molar-refractivity contribution is 5.97. The second kappa shape index (κ2) is 7.36. The molecule has 1 aliphatic heterocycles. The summed E-state index contributed by atoms with van der Waals surface area (Å²) in [6.45, 7) is 8.57. The summed E-state index contributed by atoms with van der Waals surface area (Å²) >= 11 is 0. The average molecular weight is 351 g/mol. The third-order valence-electron chi connectivity index (χ3n) is 5.83. The Hall–Kier alpha value is -1.94. The van der Waals surface area contributed by atoms with Gasteiger partial charge in [0.05, 0.1) is 11.1 Å². The number of carbonyl (C=O) groups excluding carboxylic acids is 1. The van der Waals surface area contributed by atoms with Crippen molar-refractivity contribution in [2.75, 3.05) is 26.2 Å². The first-order valence-corrected chi connectivity index (χ1v) is 10.00. The number of aromatic nitrogens is 1. The minimum Gasteiger partial charge on any atom is -0.337 e. The van der Waals surface area contributed by atoms with Crippen LogP contribution in [-0.2, 0) is 0 Å². The van der Waals surface area contributed by atoms with Gasteiger partial charge in [0.1, 0.15) is 0 Å². The van der Waals surface area contributed by atoms with Crippen molar-refractivity contribution in [1.29, 1.82) is 0 Å². The SMILES string of the molecule is CC(C)[C@H]1CN(C(=O)c2cnc3ccccc3c2)CCCN1CC1CC1. The van der Waals surface area contributed by atoms with Gasteiger partial charge in [0.25, 0.3) is 5.91 Å². The van der Waals surface area contributed by atoms with Gasteiger partial charge in [0, 0.05) is 43.8 Å². The Kier molecular flexibility index (Phi) is 4.94. The minimum atomic E-state index is 0.127. The Bertz CT molecular complexity index is 784. The Morgan fingerprint density at radius 2 is 2.04 bits per heavy atom. The molecule has 2 fully saturated rings. The molecule has 0 unspecified atom stereocenters. The van der Waals surface area contributed by atoms with E-state index in [9.17, 15) is 4.79 Å². The van der Waals surface area contributed by atoms with Gasteiger partial charge in [-0.15, -0.1) is 0 Å². The van der Waals surface area contributed by atoms with E-state index in [0.29, 0.717) is 17.5 Å². The Balaban J connectivity index is 1.54. The maximum atomic E-state index is 13.2. The molecule has 1 atom stereocenters. The van der Waals surface area contributed by atoms with Crippen LogP contribution in [0, 0.1) is 11.8 Å². The molecule has 0 radical (unpaired) electrons. The highest BCUT2D eigenvalue weighted by Crippen LogP contribution is 2.32. The van der Waals surface area contributed by atoms with Gasteiger partial charge in [0.15, 0.2) is 0 Å². The van der Waals surface area contributed by atoms with Gasteiger partial charge in [-0.2, -0.15) is 0 Å². The van der Waals surface area contributed by atoms with E-state index < -0.39 is 0 Å². The molecule has 138 valence electrons. The predicted octanol–water partition coefficient (Wildman–Crippen LogP) is 3.82. The van der Waals surface area contributed by atoms with E-state index in [0.717, 1.165) is 42.9 Å². The number of rotatable bonds is 4. The van der Waals surface area contributed by atoms with Gasteiger partial charge < -0.3 is 4.90 Å². The Morgan fingerprint density at radius 1 is 1.23 bits per heavy atom. The van der Waals surface area contributed by atoms with E-state index in [2.05, 4.69) is 28.6 Å². The van der Waals surface area contributed by atoms with Crippen molar-refractivity contribution in [3.8, 4) is 0 Å². The first-order chi connectivity index (χ1) is 12.6. The Morgan fingerprint density at radius 3 is 2.81 bits per heavy atom. The summed E-state index contributed by atoms with van der Waals surface area (Å²) in [6, 6.07) is 10.4. The van der Waals surface area contributed by atoms with Gasteiger partial charge in [-0.3, -0.25) is 14.7 Å². The molecule has 0 N–H and O–H groups in total. The standard InChI is InChI=1S/C22H29N3O/c1-16(2)21-15-25(11-5-10-24(21)14-17-8-9-17)22(26)19-12-18-6-3-4-7-20(18)23-13-19/h3-4,6-7,12-13,16-17,21H,5,8-11,14-15H2,1-2H3/t21-/m1/s1. The summed E-state index contributed by atoms with van der Waals surface area (Å²) in [4.78, 5) is 22.4. The number of hydrogen-bond donors (Lipinski definition) is 0. The fourth-order valence-electron chi connectivity index (χ4n) is 4.11. The quantitative estimate of drug-likeness (QED) is 0.840. The first-order valence-electron chi connectivity index (χ1n) is 10.00. The lowest BCUT2D eigenvalue weighted by Gasteiger charge is -2.34. The van der Waals surface area contributed by atoms with E-state index in [-0.39, 0.29) is 5.91 Å². The molecule has 1 saturated carbocycles. The van der Waals surface area contributed by atoms with Crippen molar-refractivity contribution in [2.45, 2.75) is 39.2 Å². The van der Waals surface area contributed by atoms with Crippen LogP contribution in [-0.4, -0.2) is 52.9 Å². The number of benzene rings is 1. The van der Waals surface area contributed by atoms with Gasteiger partial charge in [-0.05, 0) is 43.2 Å². The van der Waals surface area contributed by atoms with E-state index in [1.165, 1.54) is 19.4 Å². The molecular weight excluding hydrogens is 322 g/mol. The maximum absolute atomic E-state index is 13.2. The van der Waals surface area contributed by atoms with E-state index in [4.69, 9.17) is 0 Å². The van der Waals surface area contributed by atoms with Crippen LogP contribution < -0.4 is 0 Å². The van der Waals surface area contributed by atoms with Crippen molar-refractivity contribution in [2.24, 2.45) is 11.8 Å². The zero-order valence-electron chi connectivity index (χ0n) is 15.9. The summed E-state index contributed by atoms with van der Waals surface area (Å²) in [7, 11) is 0. The van der Waals surface area contributed by atoms with Crippen LogP contribution in [0.15, 0.2) is 36.5 Å². The van der Waals surface area contributed by atoms with E-state index >= 15 is 0 Å². The van der Waals surface area contributed by atoms with Crippen molar-refractivity contribution >= 4 is 16.8 Å². The molecule has 2 aliphatic rings. The van der Waals surface area contributed by atoms with Crippen LogP contribution in [0.4, 0.5) is 0 Å². The van der Waals surface area contributed by atoms with Gasteiger partial charge in [0.2, 0.25) is 0 Å². The lowest BCUT2D eigenvalue weighted by Crippen LogP contribution is -2.46. The van der Waals surface area contributed by atoms with Gasteiger partial charge >= 0.3 is 0 Å². The third kappa shape index (κ3) is 3.75. The number of fused-ring (bicyclic) bond motifs is 1. The van der Waals surface area contributed by atoms with Crippen LogP contribution in [0.5, 0.6) is 0 Å². The fraction of sp³-hybridized carbons (Fsp3) is 0.545. The fourth-order valence-corrected chi connectivity index (χ4v) is 4.11. The van der Waals surface area contributed by atoms with Crippen molar-refractivity contribution in [1.82, 2.24) is 14.8 Å². The second-order valence-corrected chi connectivity index (χ2v) is 8.27. The molecule has 2 heterocycles. The molecule has 4 rings (SSSR count). The van der Waals surface area contributed by atoms with Crippen molar-refractivity contribution < 1.29 is 4.79 Å². The zero-order valence-corrected chi connectivity index (χ0v) is 15.9. The van der Waals surface area contributed by atoms with Crippen molar-refractivity contribution in [3.05, 3.63) is 42.1 Å². The Labute approximate surface area is 156 Å². The van der Waals surface area contributed by atoms with Gasteiger partial charge in [-0.25, -0.2) is 0 Å². The number of hydrogen-bond acceptors (Lipinski definition) is 3. The normalized spacial score (nSPS) is 22.0. The molecule has 4 heteroatoms. The number of pyridine rings is 1. The second-order valence-electron chi connectivity index (χ2n) is 8.27. The predicted molar refractivity (Wildman–Crippen MR) is 105 cm³/mol. The molecular formula is C22H29N3O. The monoisotopic (exact) mass is 351 g/mol. The van der Waals surface area contributed by atoms with Crippen LogP contribution in [0.1, 0.15) is 43.5 Å². The molecule has 4 nitrogen and oxygen atoms in total. The van der Waals surface area contributed by atoms with E-state index in [1.54, 1.807) is 6.20 Å². The number of carbonyl (C=O) groups is 1. The minimum absolute atomic E-state index is 0.127. The first kappa shape index (κ1) is 17.5. The molecule has 0 bridgehead atoms. The van der Waals surface area contributed by atoms with Crippen LogP contribution in [0.25, 0.3) is 10.9 Å². The maximum Gasteiger partial charge on any atom is 0.255 e. The average Bonchev–Trinajstić information content (AvgIpc) is 3.48.